The lowest BCUT2D eigenvalue weighted by atomic mass is 10.1. The van der Waals surface area contributed by atoms with Crippen molar-refractivity contribution in [1.29, 1.82) is 0 Å². The summed E-state index contributed by atoms with van der Waals surface area (Å²) >= 11 is 0. The Morgan fingerprint density at radius 1 is 1.30 bits per heavy atom. The minimum Gasteiger partial charge on any atom is -0.508 e. The van der Waals surface area contributed by atoms with Crippen LogP contribution in [-0.2, 0) is 14.1 Å². The quantitative estimate of drug-likeness (QED) is 0.380. The standard InChI is InChI=1S/C12H14O3.H3O4P/c1-8(2)12(14)15-9(3)10-6-4-5-7-11(10)13;1-5(2,3)4/h4-7,9,13H,1H2,2-3H3;(H3,1,2,3,4). The van der Waals surface area contributed by atoms with Crippen LogP contribution in [0, 0.1) is 0 Å². The average molecular weight is 304 g/mol. The number of hydrogen-bond donors (Lipinski definition) is 4. The zero-order valence-corrected chi connectivity index (χ0v) is 11.9. The Morgan fingerprint density at radius 3 is 2.15 bits per heavy atom. The summed E-state index contributed by atoms with van der Waals surface area (Å²) in [7, 11) is -4.64. The molecule has 1 aromatic rings. The highest BCUT2D eigenvalue weighted by atomic mass is 31.2. The second-order valence-electron chi connectivity index (χ2n) is 3.90. The minimum atomic E-state index is -4.64. The van der Waals surface area contributed by atoms with Crippen LogP contribution in [0.25, 0.3) is 0 Å². The first-order chi connectivity index (χ1) is 9.02. The number of carbonyl (C=O) groups is 1. The van der Waals surface area contributed by atoms with Crippen LogP contribution in [0.3, 0.4) is 0 Å². The topological polar surface area (TPSA) is 124 Å². The van der Waals surface area contributed by atoms with Crippen molar-refractivity contribution in [2.75, 3.05) is 0 Å². The lowest BCUT2D eigenvalue weighted by molar-refractivity contribution is -0.143. The molecule has 0 fully saturated rings. The Morgan fingerprint density at radius 2 is 1.75 bits per heavy atom. The number of phenolic OH excluding ortho intramolecular Hbond substituents is 1. The molecule has 0 bridgehead atoms. The molecule has 1 aromatic carbocycles. The number of aromatic hydroxyl groups is 1. The molecule has 0 aliphatic heterocycles. The van der Waals surface area contributed by atoms with Gasteiger partial charge >= 0.3 is 13.8 Å². The molecule has 0 amide bonds. The molecular weight excluding hydrogens is 287 g/mol. The van der Waals surface area contributed by atoms with Gasteiger partial charge in [0.25, 0.3) is 0 Å². The van der Waals surface area contributed by atoms with E-state index >= 15 is 0 Å². The van der Waals surface area contributed by atoms with Crippen LogP contribution in [0.1, 0.15) is 25.5 Å². The van der Waals surface area contributed by atoms with Gasteiger partial charge < -0.3 is 24.5 Å². The molecule has 0 saturated carbocycles. The largest absolute Gasteiger partial charge is 0.508 e. The van der Waals surface area contributed by atoms with Gasteiger partial charge in [0.05, 0.1) is 0 Å². The molecule has 8 heteroatoms. The fourth-order valence-corrected chi connectivity index (χ4v) is 1.16. The SMILES string of the molecule is C=C(C)C(=O)OC(C)c1ccccc1O.O=P(O)(O)O. The molecule has 0 aromatic heterocycles. The van der Waals surface area contributed by atoms with Crippen LogP contribution in [-0.4, -0.2) is 25.8 Å². The lowest BCUT2D eigenvalue weighted by Gasteiger charge is -2.14. The Kier molecular flexibility index (Phi) is 7.17. The fourth-order valence-electron chi connectivity index (χ4n) is 1.16. The molecule has 0 radical (unpaired) electrons. The maximum absolute atomic E-state index is 11.2. The van der Waals surface area contributed by atoms with E-state index in [4.69, 9.17) is 24.0 Å². The number of phenols is 1. The van der Waals surface area contributed by atoms with Gasteiger partial charge in [0.15, 0.2) is 0 Å². The number of phosphoric acid groups is 1. The number of esters is 1. The molecular formula is C12H17O7P. The summed E-state index contributed by atoms with van der Waals surface area (Å²) < 4.78 is 14.0. The van der Waals surface area contributed by atoms with Gasteiger partial charge in [0, 0.05) is 11.1 Å². The van der Waals surface area contributed by atoms with Crippen LogP contribution in [0.2, 0.25) is 0 Å². The van der Waals surface area contributed by atoms with Gasteiger partial charge in [-0.1, -0.05) is 24.8 Å². The van der Waals surface area contributed by atoms with E-state index in [1.54, 1.807) is 38.1 Å². The predicted octanol–water partition coefficient (Wildman–Crippen LogP) is 1.64. The van der Waals surface area contributed by atoms with E-state index in [1.165, 1.54) is 0 Å². The Labute approximate surface area is 116 Å². The zero-order chi connectivity index (χ0) is 15.9. The molecule has 0 aliphatic rings. The zero-order valence-electron chi connectivity index (χ0n) is 11.1. The molecule has 7 nitrogen and oxygen atoms in total. The predicted molar refractivity (Wildman–Crippen MR) is 71.7 cm³/mol. The van der Waals surface area contributed by atoms with Crippen molar-refractivity contribution in [3.8, 4) is 5.75 Å². The maximum atomic E-state index is 11.2. The van der Waals surface area contributed by atoms with Crippen LogP contribution < -0.4 is 0 Å². The summed E-state index contributed by atoms with van der Waals surface area (Å²) in [5.74, 6) is -0.328. The molecule has 0 spiro atoms. The summed E-state index contributed by atoms with van der Waals surface area (Å²) in [4.78, 5) is 32.8. The van der Waals surface area contributed by atoms with Crippen molar-refractivity contribution in [2.45, 2.75) is 20.0 Å². The normalized spacial score (nSPS) is 11.8. The first-order valence-corrected chi connectivity index (χ1v) is 7.01. The molecule has 1 rings (SSSR count). The van der Waals surface area contributed by atoms with Crippen molar-refractivity contribution >= 4 is 13.8 Å². The maximum Gasteiger partial charge on any atom is 0.466 e. The molecule has 0 heterocycles. The van der Waals surface area contributed by atoms with Gasteiger partial charge in [-0.3, -0.25) is 0 Å². The highest BCUT2D eigenvalue weighted by Gasteiger charge is 2.14. The Bertz CT molecular complexity index is 512. The van der Waals surface area contributed by atoms with Crippen molar-refractivity contribution in [2.24, 2.45) is 0 Å². The number of carbonyl (C=O) groups excluding carboxylic acids is 1. The lowest BCUT2D eigenvalue weighted by Crippen LogP contribution is -2.09. The summed E-state index contributed by atoms with van der Waals surface area (Å²) in [6.07, 6.45) is -0.476. The van der Waals surface area contributed by atoms with Gasteiger partial charge in [-0.2, -0.15) is 0 Å². The Balaban J connectivity index is 0.000000621. The van der Waals surface area contributed by atoms with Gasteiger partial charge in [0.1, 0.15) is 11.9 Å². The van der Waals surface area contributed by atoms with E-state index in [0.29, 0.717) is 11.1 Å². The Hall–Kier alpha value is -1.66. The summed E-state index contributed by atoms with van der Waals surface area (Å²) in [5.41, 5.74) is 0.935. The molecule has 1 unspecified atom stereocenters. The monoisotopic (exact) mass is 304 g/mol. The fraction of sp³-hybridized carbons (Fsp3) is 0.250. The van der Waals surface area contributed by atoms with Gasteiger partial charge in [-0.25, -0.2) is 9.36 Å². The minimum absolute atomic E-state index is 0.125. The highest BCUT2D eigenvalue weighted by Crippen LogP contribution is 2.26. The third-order valence-corrected chi connectivity index (χ3v) is 2.01. The van der Waals surface area contributed by atoms with E-state index in [1.807, 2.05) is 0 Å². The number of para-hydroxylation sites is 1. The number of hydrogen-bond acceptors (Lipinski definition) is 4. The third kappa shape index (κ3) is 8.44. The molecule has 20 heavy (non-hydrogen) atoms. The van der Waals surface area contributed by atoms with Crippen molar-refractivity contribution in [3.63, 3.8) is 0 Å². The number of benzene rings is 1. The summed E-state index contributed by atoms with van der Waals surface area (Å²) in [5, 5.41) is 9.52. The number of ether oxygens (including phenoxy) is 1. The highest BCUT2D eigenvalue weighted by molar-refractivity contribution is 7.45. The van der Waals surface area contributed by atoms with E-state index in [0.717, 1.165) is 0 Å². The van der Waals surface area contributed by atoms with E-state index in [9.17, 15) is 9.90 Å². The molecule has 112 valence electrons. The van der Waals surface area contributed by atoms with Crippen molar-refractivity contribution in [3.05, 3.63) is 42.0 Å². The van der Waals surface area contributed by atoms with E-state index < -0.39 is 19.9 Å². The van der Waals surface area contributed by atoms with Crippen LogP contribution in [0.15, 0.2) is 36.4 Å². The molecule has 4 N–H and O–H groups in total. The van der Waals surface area contributed by atoms with Gasteiger partial charge in [-0.05, 0) is 19.9 Å². The van der Waals surface area contributed by atoms with Gasteiger partial charge in [-0.15, -0.1) is 0 Å². The second kappa shape index (κ2) is 7.81. The van der Waals surface area contributed by atoms with E-state index in [-0.39, 0.29) is 5.75 Å². The average Bonchev–Trinajstić information content (AvgIpc) is 2.26. The van der Waals surface area contributed by atoms with Crippen LogP contribution >= 0.6 is 7.82 Å². The summed E-state index contributed by atoms with van der Waals surface area (Å²) in [6, 6.07) is 6.76. The van der Waals surface area contributed by atoms with Crippen LogP contribution in [0.5, 0.6) is 5.75 Å². The first kappa shape index (κ1) is 18.3. The molecule has 1 atom stereocenters. The number of rotatable bonds is 3. The van der Waals surface area contributed by atoms with Crippen molar-refractivity contribution in [1.82, 2.24) is 0 Å². The van der Waals surface area contributed by atoms with Crippen LogP contribution in [0.4, 0.5) is 0 Å². The van der Waals surface area contributed by atoms with E-state index in [2.05, 4.69) is 6.58 Å². The van der Waals surface area contributed by atoms with Gasteiger partial charge in [0.2, 0.25) is 0 Å². The van der Waals surface area contributed by atoms with Crippen molar-refractivity contribution < 1.29 is 33.9 Å². The molecule has 0 saturated heterocycles. The second-order valence-corrected chi connectivity index (χ2v) is 4.93. The first-order valence-electron chi connectivity index (χ1n) is 5.45. The molecule has 0 aliphatic carbocycles. The smallest absolute Gasteiger partial charge is 0.466 e. The third-order valence-electron chi connectivity index (χ3n) is 2.01. The summed E-state index contributed by atoms with van der Waals surface area (Å²) in [6.45, 7) is 6.77.